The Labute approximate surface area is 181 Å². The van der Waals surface area contributed by atoms with Crippen molar-refractivity contribution < 1.29 is 18.0 Å². The van der Waals surface area contributed by atoms with E-state index in [0.717, 1.165) is 41.1 Å². The van der Waals surface area contributed by atoms with E-state index in [1.54, 1.807) is 30.6 Å². The van der Waals surface area contributed by atoms with Gasteiger partial charge in [0.1, 0.15) is 0 Å². The first-order valence-corrected chi connectivity index (χ1v) is 10.1. The van der Waals surface area contributed by atoms with Crippen LogP contribution in [0.1, 0.15) is 41.4 Å². The smallest absolute Gasteiger partial charge is 0.332 e. The predicted molar refractivity (Wildman–Crippen MR) is 109 cm³/mol. The number of halogens is 4. The Balaban J connectivity index is 1.50. The third kappa shape index (κ3) is 4.82. The number of pyridine rings is 1. The number of urea groups is 1. The first-order chi connectivity index (χ1) is 14.8. The van der Waals surface area contributed by atoms with E-state index in [2.05, 4.69) is 20.7 Å². The second kappa shape index (κ2) is 8.58. The number of carbonyl (C=O) groups is 1. The van der Waals surface area contributed by atoms with E-state index in [-0.39, 0.29) is 18.3 Å². The highest BCUT2D eigenvalue weighted by molar-refractivity contribution is 6.30. The monoisotopic (exact) mass is 449 g/mol. The summed E-state index contributed by atoms with van der Waals surface area (Å²) in [6.07, 6.45) is 1.47. The van der Waals surface area contributed by atoms with E-state index in [9.17, 15) is 18.0 Å². The summed E-state index contributed by atoms with van der Waals surface area (Å²) in [7, 11) is 0. The van der Waals surface area contributed by atoms with Crippen molar-refractivity contribution in [2.75, 3.05) is 0 Å². The zero-order chi connectivity index (χ0) is 22.0. The largest absolute Gasteiger partial charge is 0.435 e. The van der Waals surface area contributed by atoms with Gasteiger partial charge in [0.25, 0.3) is 0 Å². The van der Waals surface area contributed by atoms with Gasteiger partial charge in [-0.05, 0) is 60.7 Å². The standard InChI is InChI=1S/C21H19ClF3N5O/c22-14-4-2-5-15(9-14)30-16(10-19(29-30)21(23,24)25)12-27-20(31)28-18-6-1-3-13-11-26-8-7-17(13)18/h2,4-5,7-11,18H,1,3,6,12H2,(H2,27,28,31). The molecule has 162 valence electrons. The molecule has 6 nitrogen and oxygen atoms in total. The maximum atomic E-state index is 13.2. The fourth-order valence-corrected chi connectivity index (χ4v) is 3.87. The van der Waals surface area contributed by atoms with Gasteiger partial charge < -0.3 is 10.6 Å². The van der Waals surface area contributed by atoms with Crippen molar-refractivity contribution in [1.29, 1.82) is 0 Å². The molecule has 0 saturated heterocycles. The molecule has 0 bridgehead atoms. The van der Waals surface area contributed by atoms with Gasteiger partial charge in [0, 0.05) is 17.4 Å². The van der Waals surface area contributed by atoms with Gasteiger partial charge in [-0.15, -0.1) is 0 Å². The van der Waals surface area contributed by atoms with E-state index >= 15 is 0 Å². The normalized spacial score (nSPS) is 15.9. The van der Waals surface area contributed by atoms with Gasteiger partial charge >= 0.3 is 12.2 Å². The number of nitrogens with zero attached hydrogens (tertiary/aromatic N) is 3. The number of aryl methyl sites for hydroxylation is 1. The van der Waals surface area contributed by atoms with Gasteiger partial charge in [-0.25, -0.2) is 9.48 Å². The molecular weight excluding hydrogens is 431 g/mol. The average molecular weight is 450 g/mol. The second-order valence-electron chi connectivity index (χ2n) is 7.26. The van der Waals surface area contributed by atoms with Crippen LogP contribution in [0.2, 0.25) is 5.02 Å². The van der Waals surface area contributed by atoms with Crippen LogP contribution in [-0.2, 0) is 19.1 Å². The summed E-state index contributed by atoms with van der Waals surface area (Å²) in [5.41, 5.74) is 1.61. The topological polar surface area (TPSA) is 71.8 Å². The molecule has 2 heterocycles. The minimum atomic E-state index is -4.61. The number of aromatic nitrogens is 3. The predicted octanol–water partition coefficient (Wildman–Crippen LogP) is 4.82. The van der Waals surface area contributed by atoms with Crippen LogP contribution in [0.25, 0.3) is 5.69 Å². The molecule has 1 aromatic carbocycles. The van der Waals surface area contributed by atoms with Crippen LogP contribution in [0.4, 0.5) is 18.0 Å². The fourth-order valence-electron chi connectivity index (χ4n) is 3.68. The SMILES string of the molecule is O=C(NCc1cc(C(F)(F)F)nn1-c1cccc(Cl)c1)NC1CCCc2cnccc21. The molecule has 2 amide bonds. The maximum absolute atomic E-state index is 13.2. The molecule has 0 aliphatic heterocycles. The van der Waals surface area contributed by atoms with Crippen molar-refractivity contribution in [2.45, 2.75) is 38.0 Å². The number of rotatable bonds is 4. The summed E-state index contributed by atoms with van der Waals surface area (Å²) in [4.78, 5) is 16.6. The Hall–Kier alpha value is -3.07. The summed E-state index contributed by atoms with van der Waals surface area (Å²) >= 11 is 5.97. The molecule has 4 rings (SSSR count). The van der Waals surface area contributed by atoms with Crippen LogP contribution in [0.3, 0.4) is 0 Å². The Morgan fingerprint density at radius 2 is 2.10 bits per heavy atom. The summed E-state index contributed by atoms with van der Waals surface area (Å²) in [6, 6.07) is 8.48. The van der Waals surface area contributed by atoms with Gasteiger partial charge in [-0.3, -0.25) is 4.98 Å². The van der Waals surface area contributed by atoms with Crippen molar-refractivity contribution in [3.8, 4) is 5.69 Å². The minimum Gasteiger partial charge on any atom is -0.332 e. The van der Waals surface area contributed by atoms with Crippen LogP contribution in [0.15, 0.2) is 48.8 Å². The number of hydrogen-bond acceptors (Lipinski definition) is 3. The number of benzene rings is 1. The first kappa shape index (κ1) is 21.2. The molecule has 2 aromatic heterocycles. The molecule has 3 aromatic rings. The summed E-state index contributed by atoms with van der Waals surface area (Å²) in [6.45, 7) is -0.142. The third-order valence-corrected chi connectivity index (χ3v) is 5.35. The van der Waals surface area contributed by atoms with Crippen LogP contribution < -0.4 is 10.6 Å². The fraction of sp³-hybridized carbons (Fsp3) is 0.286. The molecule has 0 spiro atoms. The van der Waals surface area contributed by atoms with Gasteiger partial charge in [0.05, 0.1) is 24.0 Å². The van der Waals surface area contributed by atoms with Gasteiger partial charge in [0.15, 0.2) is 5.69 Å². The molecule has 1 atom stereocenters. The molecule has 31 heavy (non-hydrogen) atoms. The minimum absolute atomic E-state index is 0.142. The number of carbonyl (C=O) groups excluding carboxylic acids is 1. The highest BCUT2D eigenvalue weighted by Gasteiger charge is 2.35. The number of hydrogen-bond donors (Lipinski definition) is 2. The van der Waals surface area contributed by atoms with Crippen molar-refractivity contribution in [1.82, 2.24) is 25.4 Å². The van der Waals surface area contributed by atoms with Gasteiger partial charge in [-0.1, -0.05) is 17.7 Å². The molecule has 0 fully saturated rings. The number of nitrogens with one attached hydrogen (secondary N) is 2. The lowest BCUT2D eigenvalue weighted by Crippen LogP contribution is -2.39. The van der Waals surface area contributed by atoms with Crippen LogP contribution >= 0.6 is 11.6 Å². The molecule has 0 radical (unpaired) electrons. The lowest BCUT2D eigenvalue weighted by molar-refractivity contribution is -0.141. The van der Waals surface area contributed by atoms with E-state index in [0.29, 0.717) is 10.7 Å². The number of alkyl halides is 3. The zero-order valence-electron chi connectivity index (χ0n) is 16.3. The Bertz CT molecular complexity index is 1100. The molecule has 1 unspecified atom stereocenters. The van der Waals surface area contributed by atoms with Crippen LogP contribution in [0.5, 0.6) is 0 Å². The summed E-state index contributed by atoms with van der Waals surface area (Å²) in [5, 5.41) is 9.57. The van der Waals surface area contributed by atoms with E-state index in [1.165, 1.54) is 6.07 Å². The van der Waals surface area contributed by atoms with Crippen molar-refractivity contribution in [2.24, 2.45) is 0 Å². The van der Waals surface area contributed by atoms with Gasteiger partial charge in [-0.2, -0.15) is 18.3 Å². The summed E-state index contributed by atoms with van der Waals surface area (Å²) < 4.78 is 40.8. The van der Waals surface area contributed by atoms with E-state index in [1.807, 2.05) is 6.07 Å². The maximum Gasteiger partial charge on any atom is 0.435 e. The average Bonchev–Trinajstić information content (AvgIpc) is 3.17. The molecule has 10 heteroatoms. The van der Waals surface area contributed by atoms with Crippen LogP contribution in [0, 0.1) is 0 Å². The summed E-state index contributed by atoms with van der Waals surface area (Å²) in [5.74, 6) is 0. The lowest BCUT2D eigenvalue weighted by atomic mass is 9.89. The van der Waals surface area contributed by atoms with Crippen molar-refractivity contribution in [3.63, 3.8) is 0 Å². The van der Waals surface area contributed by atoms with Crippen molar-refractivity contribution >= 4 is 17.6 Å². The Morgan fingerprint density at radius 3 is 2.87 bits per heavy atom. The highest BCUT2D eigenvalue weighted by Crippen LogP contribution is 2.30. The first-order valence-electron chi connectivity index (χ1n) is 9.70. The molecule has 0 saturated carbocycles. The Morgan fingerprint density at radius 1 is 1.26 bits per heavy atom. The van der Waals surface area contributed by atoms with E-state index < -0.39 is 17.9 Å². The number of fused-ring (bicyclic) bond motifs is 1. The Kier molecular flexibility index (Phi) is 5.86. The zero-order valence-corrected chi connectivity index (χ0v) is 17.0. The quantitative estimate of drug-likeness (QED) is 0.600. The number of amides is 2. The lowest BCUT2D eigenvalue weighted by Gasteiger charge is -2.26. The molecule has 1 aliphatic carbocycles. The van der Waals surface area contributed by atoms with Crippen LogP contribution in [-0.4, -0.2) is 20.8 Å². The van der Waals surface area contributed by atoms with Gasteiger partial charge in [0.2, 0.25) is 0 Å². The third-order valence-electron chi connectivity index (χ3n) is 5.12. The molecule has 2 N–H and O–H groups in total. The van der Waals surface area contributed by atoms with E-state index in [4.69, 9.17) is 11.6 Å². The second-order valence-corrected chi connectivity index (χ2v) is 7.69. The molecule has 1 aliphatic rings. The molecular formula is C21H19ClF3N5O. The highest BCUT2D eigenvalue weighted by atomic mass is 35.5. The van der Waals surface area contributed by atoms with Crippen molar-refractivity contribution in [3.05, 3.63) is 76.3 Å².